The van der Waals surface area contributed by atoms with Gasteiger partial charge in [-0.1, -0.05) is 30.3 Å². The molecule has 0 spiro atoms. The van der Waals surface area contributed by atoms with E-state index in [0.717, 1.165) is 5.56 Å². The number of hydrogen-bond donors (Lipinski definition) is 1. The number of nitrogens with zero attached hydrogens (tertiary/aromatic N) is 1. The minimum atomic E-state index is -1.07. The van der Waals surface area contributed by atoms with E-state index < -0.39 is 12.4 Å². The fourth-order valence-electron chi connectivity index (χ4n) is 1.48. The summed E-state index contributed by atoms with van der Waals surface area (Å²) in [6.45, 7) is 0.813. The quantitative estimate of drug-likeness (QED) is 0.732. The summed E-state index contributed by atoms with van der Waals surface area (Å²) in [6, 6.07) is 9.74. The summed E-state index contributed by atoms with van der Waals surface area (Å²) in [4.78, 5) is 23.3. The van der Waals surface area contributed by atoms with E-state index in [2.05, 4.69) is 0 Å². The van der Waals surface area contributed by atoms with Gasteiger partial charge in [0, 0.05) is 6.54 Å². The Balaban J connectivity index is 2.39. The molecule has 1 aromatic carbocycles. The van der Waals surface area contributed by atoms with Crippen LogP contribution in [0.5, 0.6) is 0 Å². The van der Waals surface area contributed by atoms with E-state index >= 15 is 0 Å². The van der Waals surface area contributed by atoms with E-state index in [1.54, 1.807) is 11.9 Å². The van der Waals surface area contributed by atoms with Gasteiger partial charge in [0.2, 0.25) is 0 Å². The van der Waals surface area contributed by atoms with Crippen LogP contribution in [0.2, 0.25) is 0 Å². The van der Waals surface area contributed by atoms with Crippen LogP contribution >= 0.6 is 0 Å². The number of rotatable bonds is 6. The predicted molar refractivity (Wildman–Crippen MR) is 60.0 cm³/mol. The Morgan fingerprint density at radius 1 is 1.25 bits per heavy atom. The van der Waals surface area contributed by atoms with Crippen molar-refractivity contribution >= 4 is 11.8 Å². The van der Waals surface area contributed by atoms with Gasteiger partial charge in [0.15, 0.2) is 5.78 Å². The van der Waals surface area contributed by atoms with Crippen LogP contribution in [0, 0.1) is 0 Å². The molecule has 0 saturated heterocycles. The van der Waals surface area contributed by atoms with Crippen molar-refractivity contribution in [3.05, 3.63) is 35.9 Å². The second-order valence-corrected chi connectivity index (χ2v) is 3.77. The molecule has 86 valence electrons. The van der Waals surface area contributed by atoms with Crippen LogP contribution in [0.15, 0.2) is 30.3 Å². The number of carbonyl (C=O) groups excluding carboxylic acids is 1. The maximum absolute atomic E-state index is 11.2. The largest absolute Gasteiger partial charge is 0.481 e. The number of likely N-dealkylation sites (N-methyl/N-ethyl adjacent to an activating group) is 1. The van der Waals surface area contributed by atoms with E-state index in [9.17, 15) is 9.59 Å². The van der Waals surface area contributed by atoms with Gasteiger partial charge in [-0.25, -0.2) is 0 Å². The summed E-state index contributed by atoms with van der Waals surface area (Å²) in [5, 5.41) is 8.45. The van der Waals surface area contributed by atoms with Crippen molar-refractivity contribution in [1.82, 2.24) is 4.90 Å². The Morgan fingerprint density at radius 3 is 2.44 bits per heavy atom. The lowest BCUT2D eigenvalue weighted by atomic mass is 10.2. The molecular formula is C12H15NO3. The lowest BCUT2D eigenvalue weighted by molar-refractivity contribution is -0.140. The highest BCUT2D eigenvalue weighted by molar-refractivity contribution is 5.95. The summed E-state index contributed by atoms with van der Waals surface area (Å²) in [6.07, 6.45) is -0.404. The number of hydrogen-bond acceptors (Lipinski definition) is 3. The Morgan fingerprint density at radius 2 is 1.88 bits per heavy atom. The third-order valence-electron chi connectivity index (χ3n) is 2.09. The molecule has 1 N–H and O–H groups in total. The summed E-state index contributed by atoms with van der Waals surface area (Å²) >= 11 is 0. The number of aliphatic carboxylic acids is 1. The molecule has 0 atom stereocenters. The minimum Gasteiger partial charge on any atom is -0.481 e. The predicted octanol–water partition coefficient (Wildman–Crippen LogP) is 1.16. The van der Waals surface area contributed by atoms with Crippen LogP contribution in [0.4, 0.5) is 0 Å². The smallest absolute Gasteiger partial charge is 0.310 e. The lowest BCUT2D eigenvalue weighted by Gasteiger charge is -2.15. The summed E-state index contributed by atoms with van der Waals surface area (Å²) < 4.78 is 0. The fraction of sp³-hybridized carbons (Fsp3) is 0.333. The molecule has 0 fully saturated rings. The van der Waals surface area contributed by atoms with Crippen molar-refractivity contribution in [2.75, 3.05) is 13.6 Å². The molecule has 0 aliphatic heterocycles. The molecule has 0 aliphatic carbocycles. The first-order valence-corrected chi connectivity index (χ1v) is 5.04. The van der Waals surface area contributed by atoms with Crippen LogP contribution in [0.3, 0.4) is 0 Å². The molecule has 16 heavy (non-hydrogen) atoms. The number of Topliss-reactive ketones (excluding diaryl/α,β-unsaturated/α-hetero) is 1. The average Bonchev–Trinajstić information content (AvgIpc) is 2.17. The van der Waals surface area contributed by atoms with Gasteiger partial charge in [-0.15, -0.1) is 0 Å². The van der Waals surface area contributed by atoms with Gasteiger partial charge in [0.05, 0.1) is 6.54 Å². The zero-order valence-electron chi connectivity index (χ0n) is 9.22. The first-order valence-electron chi connectivity index (χ1n) is 5.04. The Kier molecular flexibility index (Phi) is 4.66. The molecule has 0 bridgehead atoms. The maximum Gasteiger partial charge on any atom is 0.310 e. The van der Waals surface area contributed by atoms with Crippen LogP contribution in [-0.4, -0.2) is 35.4 Å². The lowest BCUT2D eigenvalue weighted by Crippen LogP contribution is -2.26. The van der Waals surface area contributed by atoms with Crippen molar-refractivity contribution in [1.29, 1.82) is 0 Å². The van der Waals surface area contributed by atoms with Crippen molar-refractivity contribution < 1.29 is 14.7 Å². The second kappa shape index (κ2) is 6.02. The van der Waals surface area contributed by atoms with Gasteiger partial charge in [-0.3, -0.25) is 14.5 Å². The topological polar surface area (TPSA) is 57.6 Å². The zero-order valence-corrected chi connectivity index (χ0v) is 9.22. The van der Waals surface area contributed by atoms with E-state index in [0.29, 0.717) is 6.54 Å². The van der Waals surface area contributed by atoms with Crippen LogP contribution in [0.25, 0.3) is 0 Å². The minimum absolute atomic E-state index is 0.168. The molecule has 0 aliphatic rings. The monoisotopic (exact) mass is 221 g/mol. The highest BCUT2D eigenvalue weighted by atomic mass is 16.4. The summed E-state index contributed by atoms with van der Waals surface area (Å²) in [7, 11) is 1.80. The van der Waals surface area contributed by atoms with Gasteiger partial charge in [-0.05, 0) is 12.6 Å². The average molecular weight is 221 g/mol. The molecule has 1 rings (SSSR count). The molecule has 0 heterocycles. The third kappa shape index (κ3) is 4.70. The maximum atomic E-state index is 11.2. The van der Waals surface area contributed by atoms with Gasteiger partial charge >= 0.3 is 5.97 Å². The van der Waals surface area contributed by atoms with Gasteiger partial charge in [0.25, 0.3) is 0 Å². The second-order valence-electron chi connectivity index (χ2n) is 3.77. The van der Waals surface area contributed by atoms with Gasteiger partial charge in [0.1, 0.15) is 6.42 Å². The molecule has 0 radical (unpaired) electrons. The molecule has 0 saturated carbocycles. The van der Waals surface area contributed by atoms with E-state index in [4.69, 9.17) is 5.11 Å². The fourth-order valence-corrected chi connectivity index (χ4v) is 1.48. The van der Waals surface area contributed by atoms with Crippen LogP contribution < -0.4 is 0 Å². The Bertz CT molecular complexity index is 362. The van der Waals surface area contributed by atoms with Crippen molar-refractivity contribution in [3.63, 3.8) is 0 Å². The van der Waals surface area contributed by atoms with Crippen molar-refractivity contribution in [2.24, 2.45) is 0 Å². The normalized spacial score (nSPS) is 10.4. The van der Waals surface area contributed by atoms with Crippen molar-refractivity contribution in [2.45, 2.75) is 13.0 Å². The number of carbonyl (C=O) groups is 2. The van der Waals surface area contributed by atoms with Gasteiger partial charge < -0.3 is 5.11 Å². The first-order chi connectivity index (χ1) is 7.58. The zero-order chi connectivity index (χ0) is 12.0. The van der Waals surface area contributed by atoms with E-state index in [1.165, 1.54) is 0 Å². The van der Waals surface area contributed by atoms with E-state index in [1.807, 2.05) is 30.3 Å². The van der Waals surface area contributed by atoms with Crippen LogP contribution in [-0.2, 0) is 16.1 Å². The Hall–Kier alpha value is -1.68. The molecule has 0 amide bonds. The number of carboxylic acids is 1. The number of benzene rings is 1. The van der Waals surface area contributed by atoms with E-state index in [-0.39, 0.29) is 12.3 Å². The molecular weight excluding hydrogens is 206 g/mol. The Labute approximate surface area is 94.5 Å². The highest BCUT2D eigenvalue weighted by Crippen LogP contribution is 2.02. The molecule has 4 heteroatoms. The van der Waals surface area contributed by atoms with Crippen molar-refractivity contribution in [3.8, 4) is 0 Å². The highest BCUT2D eigenvalue weighted by Gasteiger charge is 2.10. The SMILES string of the molecule is CN(CC(=O)CC(=O)O)Cc1ccccc1. The molecule has 4 nitrogen and oxygen atoms in total. The first kappa shape index (κ1) is 12.4. The van der Waals surface area contributed by atoms with Gasteiger partial charge in [-0.2, -0.15) is 0 Å². The standard InChI is InChI=1S/C12H15NO3/c1-13(9-11(14)7-12(15)16)8-10-5-3-2-4-6-10/h2-6H,7-9H2,1H3,(H,15,16). The molecule has 0 aromatic heterocycles. The molecule has 1 aromatic rings. The van der Waals surface area contributed by atoms with Crippen LogP contribution in [0.1, 0.15) is 12.0 Å². The summed E-state index contributed by atoms with van der Waals surface area (Å²) in [5.41, 5.74) is 1.10. The third-order valence-corrected chi connectivity index (χ3v) is 2.09. The number of ketones is 1. The number of carboxylic acid groups (broad SMARTS) is 1. The summed E-state index contributed by atoms with van der Waals surface area (Å²) in [5.74, 6) is -1.34. The molecule has 0 unspecified atom stereocenters.